The molecule has 0 saturated carbocycles. The van der Waals surface area contributed by atoms with E-state index < -0.39 is 5.91 Å². The van der Waals surface area contributed by atoms with E-state index >= 15 is 0 Å². The van der Waals surface area contributed by atoms with Gasteiger partial charge in [0.15, 0.2) is 0 Å². The number of allylic oxidation sites excluding steroid dienone is 2. The van der Waals surface area contributed by atoms with Crippen molar-refractivity contribution < 1.29 is 14.8 Å². The van der Waals surface area contributed by atoms with Crippen molar-refractivity contribution in [3.63, 3.8) is 0 Å². The fraction of sp³-hybridized carbons (Fsp3) is 0.235. The predicted octanol–water partition coefficient (Wildman–Crippen LogP) is 2.42. The van der Waals surface area contributed by atoms with Gasteiger partial charge in [-0.15, -0.1) is 0 Å². The first-order chi connectivity index (χ1) is 11.2. The van der Waals surface area contributed by atoms with Crippen LogP contribution in [0.25, 0.3) is 6.08 Å². The summed E-state index contributed by atoms with van der Waals surface area (Å²) >= 11 is 0. The molecule has 2 rings (SSSR count). The van der Waals surface area contributed by atoms with Gasteiger partial charge in [0.05, 0.1) is 6.21 Å². The summed E-state index contributed by atoms with van der Waals surface area (Å²) in [6.45, 7) is 0. The molecule has 0 bridgehead atoms. The predicted molar refractivity (Wildman–Crippen MR) is 87.9 cm³/mol. The molecule has 2 amide bonds. The molecule has 0 fully saturated rings. The smallest absolute Gasteiger partial charge is 0.271 e. The van der Waals surface area contributed by atoms with Crippen LogP contribution >= 0.6 is 0 Å². The second kappa shape index (κ2) is 8.65. The summed E-state index contributed by atoms with van der Waals surface area (Å²) < 4.78 is 0. The molecule has 6 nitrogen and oxygen atoms in total. The third-order valence-corrected chi connectivity index (χ3v) is 3.41. The fourth-order valence-electron chi connectivity index (χ4n) is 2.21. The number of hydrogen-bond acceptors (Lipinski definition) is 4. The molecule has 1 aromatic rings. The zero-order valence-electron chi connectivity index (χ0n) is 12.7. The molecule has 3 N–H and O–H groups in total. The summed E-state index contributed by atoms with van der Waals surface area (Å²) in [4.78, 5) is 23.0. The summed E-state index contributed by atoms with van der Waals surface area (Å²) in [5.41, 5.74) is 6.24. The summed E-state index contributed by atoms with van der Waals surface area (Å²) in [7, 11) is 0. The van der Waals surface area contributed by atoms with Gasteiger partial charge in [0.25, 0.3) is 11.8 Å². The van der Waals surface area contributed by atoms with E-state index in [1.807, 2.05) is 0 Å². The average molecular weight is 313 g/mol. The fourth-order valence-corrected chi connectivity index (χ4v) is 2.21. The number of amides is 2. The first kappa shape index (κ1) is 16.6. The minimum Gasteiger partial charge on any atom is -0.288 e. The molecule has 0 aliphatic heterocycles. The van der Waals surface area contributed by atoms with Gasteiger partial charge < -0.3 is 0 Å². The quantitative estimate of drug-likeness (QED) is 0.337. The van der Waals surface area contributed by atoms with Crippen LogP contribution in [0.2, 0.25) is 0 Å². The van der Waals surface area contributed by atoms with Crippen molar-refractivity contribution in [1.29, 1.82) is 0 Å². The molecule has 0 radical (unpaired) electrons. The van der Waals surface area contributed by atoms with Crippen LogP contribution in [0.5, 0.6) is 0 Å². The Balaban J connectivity index is 1.96. The van der Waals surface area contributed by atoms with Gasteiger partial charge in [-0.05, 0) is 55.0 Å². The van der Waals surface area contributed by atoms with Crippen LogP contribution < -0.4 is 10.9 Å². The number of benzene rings is 1. The van der Waals surface area contributed by atoms with Crippen molar-refractivity contribution in [3.8, 4) is 0 Å². The molecule has 0 aromatic heterocycles. The second-order valence-electron chi connectivity index (χ2n) is 5.16. The SMILES string of the molecule is O=C(/C=C/c1cccc(C(=O)N/N=C/C2=CCCCC2)c1)NO. The van der Waals surface area contributed by atoms with Crippen molar-refractivity contribution in [2.75, 3.05) is 0 Å². The van der Waals surface area contributed by atoms with Crippen LogP contribution in [0.1, 0.15) is 41.6 Å². The number of carbonyl (C=O) groups excluding carboxylic acids is 2. The number of hydroxylamine groups is 1. The molecule has 0 atom stereocenters. The molecular formula is C17H19N3O3. The standard InChI is InChI=1S/C17H19N3O3/c21-16(20-23)10-9-13-7-4-8-15(11-13)17(22)19-18-12-14-5-2-1-3-6-14/h4-5,7-12,23H,1-3,6H2,(H,19,22)(H,20,21)/b10-9+,18-12+. The Kier molecular flexibility index (Phi) is 6.26. The van der Waals surface area contributed by atoms with Gasteiger partial charge in [-0.25, -0.2) is 10.9 Å². The monoisotopic (exact) mass is 313 g/mol. The Morgan fingerprint density at radius 3 is 2.87 bits per heavy atom. The summed E-state index contributed by atoms with van der Waals surface area (Å²) in [5.74, 6) is -0.954. The van der Waals surface area contributed by atoms with Gasteiger partial charge in [-0.3, -0.25) is 14.8 Å². The molecule has 0 heterocycles. The van der Waals surface area contributed by atoms with Gasteiger partial charge >= 0.3 is 0 Å². The van der Waals surface area contributed by atoms with Crippen LogP contribution in [0.3, 0.4) is 0 Å². The van der Waals surface area contributed by atoms with Crippen LogP contribution in [0.15, 0.2) is 47.1 Å². The molecule has 120 valence electrons. The third-order valence-electron chi connectivity index (χ3n) is 3.41. The normalized spacial score (nSPS) is 14.7. The van der Waals surface area contributed by atoms with E-state index in [4.69, 9.17) is 5.21 Å². The van der Waals surface area contributed by atoms with Crippen LogP contribution in [-0.4, -0.2) is 23.2 Å². The van der Waals surface area contributed by atoms with Crippen molar-refractivity contribution in [3.05, 3.63) is 53.1 Å². The summed E-state index contributed by atoms with van der Waals surface area (Å²) in [6.07, 6.45) is 10.9. The van der Waals surface area contributed by atoms with E-state index in [2.05, 4.69) is 16.6 Å². The van der Waals surface area contributed by atoms with Crippen molar-refractivity contribution in [2.24, 2.45) is 5.10 Å². The number of hydrogen-bond donors (Lipinski definition) is 3. The zero-order chi connectivity index (χ0) is 16.5. The highest BCUT2D eigenvalue weighted by atomic mass is 16.5. The van der Waals surface area contributed by atoms with Crippen molar-refractivity contribution >= 4 is 24.1 Å². The molecule has 1 aliphatic carbocycles. The Hall–Kier alpha value is -2.73. The lowest BCUT2D eigenvalue weighted by molar-refractivity contribution is -0.124. The highest BCUT2D eigenvalue weighted by Gasteiger charge is 2.05. The molecule has 0 saturated heterocycles. The number of nitrogens with zero attached hydrogens (tertiary/aromatic N) is 1. The third kappa shape index (κ3) is 5.52. The largest absolute Gasteiger partial charge is 0.288 e. The number of nitrogens with one attached hydrogen (secondary N) is 2. The number of rotatable bonds is 5. The Morgan fingerprint density at radius 2 is 2.13 bits per heavy atom. The molecular weight excluding hydrogens is 294 g/mol. The maximum Gasteiger partial charge on any atom is 0.271 e. The van der Waals surface area contributed by atoms with Crippen molar-refractivity contribution in [1.82, 2.24) is 10.9 Å². The van der Waals surface area contributed by atoms with E-state index in [1.165, 1.54) is 24.1 Å². The van der Waals surface area contributed by atoms with E-state index in [-0.39, 0.29) is 5.91 Å². The van der Waals surface area contributed by atoms with Gasteiger partial charge in [0.1, 0.15) is 0 Å². The molecule has 1 aromatic carbocycles. The molecule has 1 aliphatic rings. The first-order valence-electron chi connectivity index (χ1n) is 7.43. The lowest BCUT2D eigenvalue weighted by Crippen LogP contribution is -2.17. The molecule has 0 spiro atoms. The molecule has 0 unspecified atom stereocenters. The van der Waals surface area contributed by atoms with E-state index in [9.17, 15) is 9.59 Å². The van der Waals surface area contributed by atoms with E-state index in [0.29, 0.717) is 11.1 Å². The van der Waals surface area contributed by atoms with Crippen molar-refractivity contribution in [2.45, 2.75) is 25.7 Å². The molecule has 6 heteroatoms. The topological polar surface area (TPSA) is 90.8 Å². The highest BCUT2D eigenvalue weighted by Crippen LogP contribution is 2.15. The summed E-state index contributed by atoms with van der Waals surface area (Å²) in [5, 5.41) is 12.4. The Morgan fingerprint density at radius 1 is 1.26 bits per heavy atom. The average Bonchev–Trinajstić information content (AvgIpc) is 2.60. The maximum atomic E-state index is 12.0. The van der Waals surface area contributed by atoms with E-state index in [1.54, 1.807) is 30.5 Å². The highest BCUT2D eigenvalue weighted by molar-refractivity contribution is 5.96. The van der Waals surface area contributed by atoms with Gasteiger partial charge in [-0.2, -0.15) is 5.10 Å². The number of hydrazone groups is 1. The minimum absolute atomic E-state index is 0.320. The lowest BCUT2D eigenvalue weighted by Gasteiger charge is -2.07. The zero-order valence-corrected chi connectivity index (χ0v) is 12.7. The van der Waals surface area contributed by atoms with Crippen LogP contribution in [0, 0.1) is 0 Å². The number of carbonyl (C=O) groups is 2. The van der Waals surface area contributed by atoms with Crippen LogP contribution in [0.4, 0.5) is 0 Å². The van der Waals surface area contributed by atoms with Gasteiger partial charge in [0, 0.05) is 11.6 Å². The lowest BCUT2D eigenvalue weighted by atomic mass is 10.0. The van der Waals surface area contributed by atoms with Crippen LogP contribution in [-0.2, 0) is 4.79 Å². The van der Waals surface area contributed by atoms with Gasteiger partial charge in [-0.1, -0.05) is 18.2 Å². The second-order valence-corrected chi connectivity index (χ2v) is 5.16. The first-order valence-corrected chi connectivity index (χ1v) is 7.43. The molecule has 23 heavy (non-hydrogen) atoms. The minimum atomic E-state index is -0.634. The Bertz CT molecular complexity index is 663. The van der Waals surface area contributed by atoms with E-state index in [0.717, 1.165) is 24.8 Å². The van der Waals surface area contributed by atoms with Gasteiger partial charge in [0.2, 0.25) is 0 Å². The summed E-state index contributed by atoms with van der Waals surface area (Å²) in [6, 6.07) is 6.74. The maximum absolute atomic E-state index is 12.0. The Labute approximate surface area is 134 Å².